The van der Waals surface area contributed by atoms with Crippen LogP contribution < -0.4 is 16.6 Å². The summed E-state index contributed by atoms with van der Waals surface area (Å²) in [6, 6.07) is 1.80. The fourth-order valence-electron chi connectivity index (χ4n) is 1.17. The lowest BCUT2D eigenvalue weighted by Crippen LogP contribution is -2.51. The Hall–Kier alpha value is -1.40. The summed E-state index contributed by atoms with van der Waals surface area (Å²) in [7, 11) is 0. The van der Waals surface area contributed by atoms with Gasteiger partial charge in [-0.3, -0.25) is 5.43 Å². The van der Waals surface area contributed by atoms with Gasteiger partial charge in [0.15, 0.2) is 0 Å². The molecule has 0 bridgehead atoms. The van der Waals surface area contributed by atoms with Gasteiger partial charge in [0.1, 0.15) is 5.82 Å². The van der Waals surface area contributed by atoms with E-state index in [1.165, 1.54) is 0 Å². The Kier molecular flexibility index (Phi) is 3.59. The number of hydrogen-bond acceptors (Lipinski definition) is 6. The number of aryl methyl sites for hydroxylation is 1. The Morgan fingerprint density at radius 1 is 1.24 bits per heavy atom. The topological polar surface area (TPSA) is 96.1 Å². The zero-order chi connectivity index (χ0) is 13.3. The number of aromatic nitrogens is 2. The maximum absolute atomic E-state index is 10.1. The number of nitrogens with one attached hydrogen (secondary N) is 2. The molecule has 0 aromatic carbocycles. The van der Waals surface area contributed by atoms with E-state index >= 15 is 0 Å². The van der Waals surface area contributed by atoms with E-state index in [2.05, 4.69) is 20.7 Å². The lowest BCUT2D eigenvalue weighted by Gasteiger charge is -2.38. The molecule has 6 nitrogen and oxygen atoms in total. The molecule has 0 saturated heterocycles. The molecule has 5 N–H and O–H groups in total. The summed E-state index contributed by atoms with van der Waals surface area (Å²) in [6.07, 6.45) is 0. The fourth-order valence-corrected chi connectivity index (χ4v) is 1.17. The van der Waals surface area contributed by atoms with Gasteiger partial charge in [0.05, 0.1) is 11.1 Å². The summed E-state index contributed by atoms with van der Waals surface area (Å²) < 4.78 is 0. The number of hydrazine groups is 1. The number of rotatable bonds is 4. The summed E-state index contributed by atoms with van der Waals surface area (Å²) in [5.41, 5.74) is 1.79. The number of nitrogen functional groups attached to an aromatic ring is 1. The van der Waals surface area contributed by atoms with Crippen molar-refractivity contribution in [2.45, 2.75) is 45.8 Å². The van der Waals surface area contributed by atoms with Gasteiger partial charge in [-0.25, -0.2) is 10.8 Å². The lowest BCUT2D eigenvalue weighted by molar-refractivity contribution is 0.0239. The zero-order valence-corrected chi connectivity index (χ0v) is 11.0. The summed E-state index contributed by atoms with van der Waals surface area (Å²) >= 11 is 0. The summed E-state index contributed by atoms with van der Waals surface area (Å²) in [5.74, 6) is 6.25. The van der Waals surface area contributed by atoms with Crippen LogP contribution in [0.1, 0.15) is 33.4 Å². The minimum absolute atomic E-state index is 0.346. The van der Waals surface area contributed by atoms with Gasteiger partial charge >= 0.3 is 0 Å². The molecule has 1 heterocycles. The highest BCUT2D eigenvalue weighted by Crippen LogP contribution is 2.25. The second kappa shape index (κ2) is 4.46. The number of nitrogens with two attached hydrogens (primary N) is 1. The van der Waals surface area contributed by atoms with E-state index in [1.54, 1.807) is 19.9 Å². The van der Waals surface area contributed by atoms with Crippen LogP contribution in [0.2, 0.25) is 0 Å². The summed E-state index contributed by atoms with van der Waals surface area (Å²) in [4.78, 5) is 8.28. The normalized spacial score (nSPS) is 12.4. The van der Waals surface area contributed by atoms with Crippen molar-refractivity contribution in [3.63, 3.8) is 0 Å². The second-order valence-corrected chi connectivity index (χ2v) is 5.17. The molecule has 0 radical (unpaired) electrons. The molecular formula is C11H21N5O. The first-order valence-corrected chi connectivity index (χ1v) is 5.48. The van der Waals surface area contributed by atoms with Gasteiger partial charge in [-0.05, 0) is 34.6 Å². The minimum atomic E-state index is -0.887. The molecule has 0 unspecified atom stereocenters. The maximum Gasteiger partial charge on any atom is 0.239 e. The Bertz CT molecular complexity index is 397. The molecule has 0 aliphatic carbocycles. The molecule has 0 atom stereocenters. The quantitative estimate of drug-likeness (QED) is 0.463. The van der Waals surface area contributed by atoms with E-state index in [1.807, 2.05) is 20.8 Å². The molecule has 0 fully saturated rings. The highest BCUT2D eigenvalue weighted by Gasteiger charge is 2.35. The van der Waals surface area contributed by atoms with Gasteiger partial charge in [0, 0.05) is 11.8 Å². The average molecular weight is 239 g/mol. The predicted octanol–water partition coefficient (Wildman–Crippen LogP) is 1.03. The predicted molar refractivity (Wildman–Crippen MR) is 68.6 cm³/mol. The van der Waals surface area contributed by atoms with Gasteiger partial charge in [0.2, 0.25) is 5.95 Å². The van der Waals surface area contributed by atoms with Crippen molar-refractivity contribution in [1.82, 2.24) is 9.97 Å². The molecule has 17 heavy (non-hydrogen) atoms. The van der Waals surface area contributed by atoms with Crippen molar-refractivity contribution in [2.75, 3.05) is 10.7 Å². The molecule has 0 aliphatic rings. The molecule has 0 amide bonds. The van der Waals surface area contributed by atoms with Crippen LogP contribution in [0.3, 0.4) is 0 Å². The average Bonchev–Trinajstić information content (AvgIpc) is 2.14. The first-order valence-electron chi connectivity index (χ1n) is 5.48. The number of hydrogen-bond donors (Lipinski definition) is 4. The van der Waals surface area contributed by atoms with Gasteiger partial charge in [-0.2, -0.15) is 4.98 Å². The number of nitrogens with zero attached hydrogens (tertiary/aromatic N) is 2. The third kappa shape index (κ3) is 3.28. The van der Waals surface area contributed by atoms with Crippen LogP contribution in [0.5, 0.6) is 0 Å². The van der Waals surface area contributed by atoms with Crippen molar-refractivity contribution >= 4 is 11.8 Å². The molecule has 0 aliphatic heterocycles. The van der Waals surface area contributed by atoms with Crippen LogP contribution in [0.15, 0.2) is 6.07 Å². The van der Waals surface area contributed by atoms with Crippen LogP contribution in [0, 0.1) is 6.92 Å². The molecule has 6 heteroatoms. The van der Waals surface area contributed by atoms with E-state index in [0.717, 1.165) is 5.69 Å². The van der Waals surface area contributed by atoms with Crippen molar-refractivity contribution in [3.05, 3.63) is 11.8 Å². The first-order chi connectivity index (χ1) is 7.65. The molecule has 1 aromatic rings. The standard InChI is InChI=1S/C11H21N5O/c1-7-6-8(14-9(13-7)16-12)15-10(2,3)11(4,5)17/h6,17H,12H2,1-5H3,(H2,13,14,15,16). The van der Waals surface area contributed by atoms with Gasteiger partial charge in [0.25, 0.3) is 0 Å². The Morgan fingerprint density at radius 3 is 2.29 bits per heavy atom. The number of anilines is 2. The monoisotopic (exact) mass is 239 g/mol. The van der Waals surface area contributed by atoms with Gasteiger partial charge < -0.3 is 10.4 Å². The van der Waals surface area contributed by atoms with Crippen LogP contribution in [-0.2, 0) is 0 Å². The fraction of sp³-hybridized carbons (Fsp3) is 0.636. The van der Waals surface area contributed by atoms with Crippen LogP contribution >= 0.6 is 0 Å². The Morgan fingerprint density at radius 2 is 1.82 bits per heavy atom. The van der Waals surface area contributed by atoms with E-state index in [0.29, 0.717) is 11.8 Å². The van der Waals surface area contributed by atoms with Gasteiger partial charge in [-0.1, -0.05) is 0 Å². The maximum atomic E-state index is 10.1. The molecule has 1 rings (SSSR count). The van der Waals surface area contributed by atoms with Crippen molar-refractivity contribution in [3.8, 4) is 0 Å². The minimum Gasteiger partial charge on any atom is -0.388 e. The molecule has 96 valence electrons. The van der Waals surface area contributed by atoms with Crippen LogP contribution in [-0.4, -0.2) is 26.2 Å². The van der Waals surface area contributed by atoms with Crippen molar-refractivity contribution in [1.29, 1.82) is 0 Å². The highest BCUT2D eigenvalue weighted by atomic mass is 16.3. The van der Waals surface area contributed by atoms with Crippen LogP contribution in [0.4, 0.5) is 11.8 Å². The largest absolute Gasteiger partial charge is 0.388 e. The summed E-state index contributed by atoms with van der Waals surface area (Å²) in [6.45, 7) is 9.15. The first kappa shape index (κ1) is 13.7. The number of aliphatic hydroxyl groups is 1. The van der Waals surface area contributed by atoms with Crippen LogP contribution in [0.25, 0.3) is 0 Å². The Labute approximate surface area is 102 Å². The lowest BCUT2D eigenvalue weighted by atomic mass is 9.86. The highest BCUT2D eigenvalue weighted by molar-refractivity contribution is 5.44. The molecule has 1 aromatic heterocycles. The smallest absolute Gasteiger partial charge is 0.239 e. The summed E-state index contributed by atoms with van der Waals surface area (Å²) in [5, 5.41) is 13.2. The third-order valence-corrected chi connectivity index (χ3v) is 2.95. The van der Waals surface area contributed by atoms with E-state index in [4.69, 9.17) is 5.84 Å². The third-order valence-electron chi connectivity index (χ3n) is 2.95. The van der Waals surface area contributed by atoms with E-state index in [9.17, 15) is 5.11 Å². The molecule has 0 saturated carbocycles. The van der Waals surface area contributed by atoms with E-state index < -0.39 is 11.1 Å². The van der Waals surface area contributed by atoms with E-state index in [-0.39, 0.29) is 0 Å². The molecule has 0 spiro atoms. The van der Waals surface area contributed by atoms with Crippen molar-refractivity contribution in [2.24, 2.45) is 5.84 Å². The van der Waals surface area contributed by atoms with Gasteiger partial charge in [-0.15, -0.1) is 0 Å². The second-order valence-electron chi connectivity index (χ2n) is 5.17. The van der Waals surface area contributed by atoms with Crippen molar-refractivity contribution < 1.29 is 5.11 Å². The zero-order valence-electron chi connectivity index (χ0n) is 11.0. The SMILES string of the molecule is Cc1cc(NC(C)(C)C(C)(C)O)nc(NN)n1. The Balaban J connectivity index is 2.99. The molecular weight excluding hydrogens is 218 g/mol.